The Hall–Kier alpha value is -2.10. The monoisotopic (exact) mass is 335 g/mol. The van der Waals surface area contributed by atoms with Crippen molar-refractivity contribution in [3.8, 4) is 17.0 Å². The molecule has 1 aromatic heterocycles. The van der Waals surface area contributed by atoms with Crippen LogP contribution in [0.2, 0.25) is 0 Å². The zero-order valence-corrected chi connectivity index (χ0v) is 15.0. The number of aromatic hydroxyl groups is 1. The minimum atomic E-state index is 0.140. The maximum absolute atomic E-state index is 10.6. The van der Waals surface area contributed by atoms with Gasteiger partial charge in [-0.05, 0) is 55.9 Å². The lowest BCUT2D eigenvalue weighted by molar-refractivity contribution is 0.451. The molecule has 2 aromatic rings. The maximum atomic E-state index is 10.6. The number of rotatable bonds is 2. The molecule has 130 valence electrons. The first-order chi connectivity index (χ1) is 12.1. The SMILES string of the molecule is Cc1nc(O)c(-c2ccc3c(c2)C2(CCCC2)CN3C)c(C2CC2)n1. The average molecular weight is 335 g/mol. The number of benzene rings is 1. The van der Waals surface area contributed by atoms with E-state index in [4.69, 9.17) is 0 Å². The molecule has 5 rings (SSSR count). The average Bonchev–Trinajstić information content (AvgIpc) is 3.27. The lowest BCUT2D eigenvalue weighted by Crippen LogP contribution is -2.28. The van der Waals surface area contributed by atoms with Crippen LogP contribution in [0, 0.1) is 6.92 Å². The molecule has 2 aliphatic carbocycles. The predicted octanol–water partition coefficient (Wildman–Crippen LogP) is 4.30. The molecule has 1 aliphatic heterocycles. The number of aryl methyl sites for hydroxylation is 1. The Balaban J connectivity index is 1.68. The molecular weight excluding hydrogens is 310 g/mol. The molecule has 0 saturated heterocycles. The van der Waals surface area contributed by atoms with Crippen LogP contribution in [0.25, 0.3) is 11.1 Å². The second-order valence-corrected chi connectivity index (χ2v) is 8.20. The van der Waals surface area contributed by atoms with E-state index >= 15 is 0 Å². The molecule has 2 heterocycles. The van der Waals surface area contributed by atoms with E-state index in [1.54, 1.807) is 0 Å². The summed E-state index contributed by atoms with van der Waals surface area (Å²) in [6, 6.07) is 6.69. The summed E-state index contributed by atoms with van der Waals surface area (Å²) in [6.07, 6.45) is 7.54. The van der Waals surface area contributed by atoms with Crippen molar-refractivity contribution in [1.29, 1.82) is 0 Å². The number of anilines is 1. The van der Waals surface area contributed by atoms with Gasteiger partial charge in [-0.3, -0.25) is 0 Å². The fraction of sp³-hybridized carbons (Fsp3) is 0.524. The fourth-order valence-corrected chi connectivity index (χ4v) is 5.06. The van der Waals surface area contributed by atoms with E-state index in [0.717, 1.165) is 23.4 Å². The number of fused-ring (bicyclic) bond motifs is 2. The van der Waals surface area contributed by atoms with E-state index in [-0.39, 0.29) is 5.88 Å². The van der Waals surface area contributed by atoms with E-state index < -0.39 is 0 Å². The lowest BCUT2D eigenvalue weighted by atomic mass is 9.80. The van der Waals surface area contributed by atoms with Crippen molar-refractivity contribution in [2.24, 2.45) is 0 Å². The molecule has 2 fully saturated rings. The summed E-state index contributed by atoms with van der Waals surface area (Å²) >= 11 is 0. The van der Waals surface area contributed by atoms with Gasteiger partial charge in [-0.25, -0.2) is 4.98 Å². The summed E-state index contributed by atoms with van der Waals surface area (Å²) < 4.78 is 0. The largest absolute Gasteiger partial charge is 0.493 e. The van der Waals surface area contributed by atoms with Gasteiger partial charge in [0.1, 0.15) is 5.82 Å². The third-order valence-electron chi connectivity index (χ3n) is 6.36. The summed E-state index contributed by atoms with van der Waals surface area (Å²) in [5, 5.41) is 10.6. The smallest absolute Gasteiger partial charge is 0.222 e. The number of likely N-dealkylation sites (N-methyl/N-ethyl adjacent to an activating group) is 1. The van der Waals surface area contributed by atoms with Gasteiger partial charge in [0.15, 0.2) is 0 Å². The summed E-state index contributed by atoms with van der Waals surface area (Å²) in [5.41, 5.74) is 6.11. The molecule has 4 nitrogen and oxygen atoms in total. The van der Waals surface area contributed by atoms with Crippen LogP contribution < -0.4 is 4.90 Å². The summed E-state index contributed by atoms with van der Waals surface area (Å²) in [4.78, 5) is 11.3. The zero-order valence-electron chi connectivity index (χ0n) is 15.0. The van der Waals surface area contributed by atoms with E-state index in [1.807, 2.05) is 6.92 Å². The van der Waals surface area contributed by atoms with Crippen molar-refractivity contribution in [3.05, 3.63) is 35.3 Å². The molecule has 0 bridgehead atoms. The van der Waals surface area contributed by atoms with Crippen LogP contribution in [-0.2, 0) is 5.41 Å². The molecule has 1 spiro atoms. The highest BCUT2D eigenvalue weighted by Crippen LogP contribution is 2.52. The Morgan fingerprint density at radius 3 is 2.64 bits per heavy atom. The Morgan fingerprint density at radius 2 is 1.92 bits per heavy atom. The standard InChI is InChI=1S/C21H25N3O/c1-13-22-19(14-5-6-14)18(20(25)23-13)15-7-8-17-16(11-15)21(12-24(17)2)9-3-4-10-21/h7-8,11,14H,3-6,9-10,12H2,1-2H3,(H,22,23,25). The van der Waals surface area contributed by atoms with Gasteiger partial charge in [-0.15, -0.1) is 0 Å². The Labute approximate surface area is 148 Å². The van der Waals surface area contributed by atoms with Crippen LogP contribution in [0.1, 0.15) is 61.5 Å². The fourth-order valence-electron chi connectivity index (χ4n) is 5.06. The Bertz CT molecular complexity index is 850. The van der Waals surface area contributed by atoms with Crippen LogP contribution in [0.15, 0.2) is 18.2 Å². The second-order valence-electron chi connectivity index (χ2n) is 8.20. The third kappa shape index (κ3) is 2.26. The van der Waals surface area contributed by atoms with Gasteiger partial charge in [-0.1, -0.05) is 18.9 Å². The van der Waals surface area contributed by atoms with Crippen LogP contribution in [0.3, 0.4) is 0 Å². The van der Waals surface area contributed by atoms with Gasteiger partial charge in [-0.2, -0.15) is 4.98 Å². The quantitative estimate of drug-likeness (QED) is 0.889. The van der Waals surface area contributed by atoms with Crippen molar-refractivity contribution < 1.29 is 5.11 Å². The van der Waals surface area contributed by atoms with Crippen molar-refractivity contribution in [2.45, 2.75) is 56.8 Å². The first-order valence-corrected chi connectivity index (χ1v) is 9.51. The lowest BCUT2D eigenvalue weighted by Gasteiger charge is -2.24. The minimum Gasteiger partial charge on any atom is -0.493 e. The number of aromatic nitrogens is 2. The molecular formula is C21H25N3O. The van der Waals surface area contributed by atoms with E-state index in [0.29, 0.717) is 17.2 Å². The summed E-state index contributed by atoms with van der Waals surface area (Å²) in [5.74, 6) is 1.29. The molecule has 25 heavy (non-hydrogen) atoms. The molecule has 3 aliphatic rings. The van der Waals surface area contributed by atoms with Gasteiger partial charge >= 0.3 is 0 Å². The minimum absolute atomic E-state index is 0.140. The number of hydrogen-bond donors (Lipinski definition) is 1. The van der Waals surface area contributed by atoms with Crippen LogP contribution in [-0.4, -0.2) is 28.7 Å². The van der Waals surface area contributed by atoms with Crippen molar-refractivity contribution in [3.63, 3.8) is 0 Å². The van der Waals surface area contributed by atoms with Gasteiger partial charge in [0.05, 0.1) is 11.3 Å². The third-order valence-corrected chi connectivity index (χ3v) is 6.36. The molecule has 0 radical (unpaired) electrons. The molecule has 0 atom stereocenters. The topological polar surface area (TPSA) is 49.3 Å². The maximum Gasteiger partial charge on any atom is 0.222 e. The number of nitrogens with zero attached hydrogens (tertiary/aromatic N) is 3. The summed E-state index contributed by atoms with van der Waals surface area (Å²) in [7, 11) is 2.20. The molecule has 1 aromatic carbocycles. The first-order valence-electron chi connectivity index (χ1n) is 9.51. The Kier molecular flexibility index (Phi) is 3.16. The van der Waals surface area contributed by atoms with Crippen molar-refractivity contribution in [2.75, 3.05) is 18.5 Å². The van der Waals surface area contributed by atoms with Crippen molar-refractivity contribution >= 4 is 5.69 Å². The highest BCUT2D eigenvalue weighted by Gasteiger charge is 2.43. The Morgan fingerprint density at radius 1 is 1.16 bits per heavy atom. The number of hydrogen-bond acceptors (Lipinski definition) is 4. The van der Waals surface area contributed by atoms with Crippen LogP contribution in [0.5, 0.6) is 5.88 Å². The van der Waals surface area contributed by atoms with E-state index in [9.17, 15) is 5.11 Å². The zero-order chi connectivity index (χ0) is 17.2. The first kappa shape index (κ1) is 15.2. The second kappa shape index (κ2) is 5.20. The van der Waals surface area contributed by atoms with Gasteiger partial charge in [0, 0.05) is 30.6 Å². The summed E-state index contributed by atoms with van der Waals surface area (Å²) in [6.45, 7) is 2.98. The molecule has 0 unspecified atom stereocenters. The van der Waals surface area contributed by atoms with Crippen molar-refractivity contribution in [1.82, 2.24) is 9.97 Å². The van der Waals surface area contributed by atoms with Gasteiger partial charge < -0.3 is 10.0 Å². The highest BCUT2D eigenvalue weighted by molar-refractivity contribution is 5.77. The highest BCUT2D eigenvalue weighted by atomic mass is 16.3. The van der Waals surface area contributed by atoms with Crippen LogP contribution >= 0.6 is 0 Å². The van der Waals surface area contributed by atoms with Crippen LogP contribution in [0.4, 0.5) is 5.69 Å². The molecule has 4 heteroatoms. The molecule has 0 amide bonds. The molecule has 1 N–H and O–H groups in total. The molecule has 2 saturated carbocycles. The van der Waals surface area contributed by atoms with E-state index in [1.165, 1.54) is 49.8 Å². The van der Waals surface area contributed by atoms with Gasteiger partial charge in [0.2, 0.25) is 5.88 Å². The predicted molar refractivity (Wildman–Crippen MR) is 99.3 cm³/mol. The van der Waals surface area contributed by atoms with E-state index in [2.05, 4.69) is 40.1 Å². The van der Waals surface area contributed by atoms with Gasteiger partial charge in [0.25, 0.3) is 0 Å². The normalized spacial score (nSPS) is 21.1.